The van der Waals surface area contributed by atoms with Crippen molar-refractivity contribution in [2.24, 2.45) is 0 Å². The van der Waals surface area contributed by atoms with Gasteiger partial charge in [0.2, 0.25) is 0 Å². The van der Waals surface area contributed by atoms with Crippen molar-refractivity contribution in [3.05, 3.63) is 28.6 Å². The monoisotopic (exact) mass is 295 g/mol. The lowest BCUT2D eigenvalue weighted by molar-refractivity contribution is 0.543. The lowest BCUT2D eigenvalue weighted by Crippen LogP contribution is -2.20. The molecule has 1 heterocycles. The molecule has 4 heteroatoms. The van der Waals surface area contributed by atoms with Gasteiger partial charge in [-0.2, -0.15) is 0 Å². The number of hydrogen-bond acceptors (Lipinski definition) is 3. The van der Waals surface area contributed by atoms with E-state index < -0.39 is 0 Å². The summed E-state index contributed by atoms with van der Waals surface area (Å²) in [6.07, 6.45) is 6.57. The minimum atomic E-state index is -0.0336. The number of nitrogens with one attached hydrogen (secondary N) is 1. The second kappa shape index (κ2) is 4.77. The minimum Gasteiger partial charge on any atom is -0.367 e. The molecule has 0 amide bonds. The zero-order valence-electron chi connectivity index (χ0n) is 10.5. The predicted molar refractivity (Wildman–Crippen MR) is 74.2 cm³/mol. The number of hydrogen-bond donors (Lipinski definition) is 1. The molecule has 3 nitrogen and oxygen atoms in total. The van der Waals surface area contributed by atoms with Crippen LogP contribution in [0, 0.1) is 0 Å². The first-order chi connectivity index (χ1) is 7.95. The molecule has 0 atom stereocenters. The van der Waals surface area contributed by atoms with Gasteiger partial charge in [-0.15, -0.1) is 0 Å². The number of rotatable bonds is 2. The third-order valence-corrected chi connectivity index (χ3v) is 3.13. The molecule has 17 heavy (non-hydrogen) atoms. The zero-order chi connectivity index (χ0) is 12.5. The number of nitrogens with zero attached hydrogens (tertiary/aromatic N) is 2. The first-order valence-corrected chi connectivity index (χ1v) is 6.71. The van der Waals surface area contributed by atoms with Crippen molar-refractivity contribution in [3.8, 4) is 0 Å². The van der Waals surface area contributed by atoms with Crippen LogP contribution in [0.2, 0.25) is 0 Å². The number of anilines is 1. The predicted octanol–water partition coefficient (Wildman–Crippen LogP) is 3.67. The van der Waals surface area contributed by atoms with Crippen LogP contribution in [0.15, 0.2) is 22.8 Å². The minimum absolute atomic E-state index is 0.0336. The van der Waals surface area contributed by atoms with Gasteiger partial charge in [0.15, 0.2) is 0 Å². The lowest BCUT2D eigenvalue weighted by atomic mass is 9.96. The molecular weight excluding hydrogens is 278 g/mol. The maximum atomic E-state index is 4.59. The molecule has 0 fully saturated rings. The van der Waals surface area contributed by atoms with Gasteiger partial charge in [0.05, 0.1) is 0 Å². The first-order valence-electron chi connectivity index (χ1n) is 5.92. The van der Waals surface area contributed by atoms with Crippen LogP contribution in [-0.4, -0.2) is 16.0 Å². The van der Waals surface area contributed by atoms with Crippen LogP contribution in [0.25, 0.3) is 0 Å². The molecule has 1 aliphatic rings. The van der Waals surface area contributed by atoms with Crippen LogP contribution in [0.4, 0.5) is 5.82 Å². The zero-order valence-corrected chi connectivity index (χ0v) is 12.1. The molecule has 0 radical (unpaired) electrons. The summed E-state index contributed by atoms with van der Waals surface area (Å²) in [6, 6.07) is 2.41. The second-order valence-corrected chi connectivity index (χ2v) is 6.25. The molecule has 0 aliphatic heterocycles. The molecule has 0 saturated carbocycles. The molecule has 1 aromatic rings. The first kappa shape index (κ1) is 12.6. The summed E-state index contributed by atoms with van der Waals surface area (Å²) >= 11 is 3.45. The van der Waals surface area contributed by atoms with E-state index in [2.05, 4.69) is 64.1 Å². The molecule has 0 spiro atoms. The average molecular weight is 296 g/mol. The third kappa shape index (κ3) is 3.28. The van der Waals surface area contributed by atoms with E-state index in [0.717, 1.165) is 29.1 Å². The van der Waals surface area contributed by atoms with Crippen molar-refractivity contribution in [2.45, 2.75) is 45.1 Å². The van der Waals surface area contributed by atoms with E-state index in [0.29, 0.717) is 6.04 Å². The van der Waals surface area contributed by atoms with Crippen molar-refractivity contribution >= 4 is 21.7 Å². The quantitative estimate of drug-likeness (QED) is 0.668. The molecule has 0 saturated heterocycles. The van der Waals surface area contributed by atoms with Crippen molar-refractivity contribution < 1.29 is 0 Å². The lowest BCUT2D eigenvalue weighted by Gasteiger charge is -2.19. The second-order valence-electron chi connectivity index (χ2n) is 5.43. The van der Waals surface area contributed by atoms with Crippen molar-refractivity contribution in [3.63, 3.8) is 0 Å². The van der Waals surface area contributed by atoms with E-state index in [4.69, 9.17) is 0 Å². The van der Waals surface area contributed by atoms with Gasteiger partial charge in [0.25, 0.3) is 0 Å². The summed E-state index contributed by atoms with van der Waals surface area (Å²) in [4.78, 5) is 9.02. The molecule has 0 unspecified atom stereocenters. The molecule has 1 aromatic heterocycles. The van der Waals surface area contributed by atoms with Crippen LogP contribution < -0.4 is 5.32 Å². The SMILES string of the molecule is CC(C)(C)c1nc(Br)cc(NC2CC=CC2)n1. The Hall–Kier alpha value is -0.900. The Morgan fingerprint density at radius 2 is 1.88 bits per heavy atom. The summed E-state index contributed by atoms with van der Waals surface area (Å²) in [5, 5.41) is 3.45. The highest BCUT2D eigenvalue weighted by molar-refractivity contribution is 9.10. The van der Waals surface area contributed by atoms with Crippen molar-refractivity contribution in [1.29, 1.82) is 0 Å². The molecule has 1 N–H and O–H groups in total. The largest absolute Gasteiger partial charge is 0.367 e. The Morgan fingerprint density at radius 3 is 2.47 bits per heavy atom. The summed E-state index contributed by atoms with van der Waals surface area (Å²) < 4.78 is 0.839. The van der Waals surface area contributed by atoms with Crippen LogP contribution in [-0.2, 0) is 5.41 Å². The fourth-order valence-electron chi connectivity index (χ4n) is 1.77. The standard InChI is InChI=1S/C13H18BrN3/c1-13(2,3)12-16-10(14)8-11(17-12)15-9-6-4-5-7-9/h4-5,8-9H,6-7H2,1-3H3,(H,15,16,17). The topological polar surface area (TPSA) is 37.8 Å². The number of aromatic nitrogens is 2. The summed E-state index contributed by atoms with van der Waals surface area (Å²) in [6.45, 7) is 6.36. The Labute approximate surface area is 111 Å². The Morgan fingerprint density at radius 1 is 1.24 bits per heavy atom. The van der Waals surface area contributed by atoms with E-state index in [-0.39, 0.29) is 5.41 Å². The van der Waals surface area contributed by atoms with E-state index in [1.807, 2.05) is 6.07 Å². The maximum Gasteiger partial charge on any atom is 0.137 e. The van der Waals surface area contributed by atoms with E-state index in [1.165, 1.54) is 0 Å². The summed E-state index contributed by atoms with van der Waals surface area (Å²) in [5.74, 6) is 1.77. The molecule has 2 rings (SSSR count). The van der Waals surface area contributed by atoms with Gasteiger partial charge in [-0.05, 0) is 28.8 Å². The van der Waals surface area contributed by atoms with Gasteiger partial charge >= 0.3 is 0 Å². The van der Waals surface area contributed by atoms with Crippen LogP contribution >= 0.6 is 15.9 Å². The Bertz CT molecular complexity index is 427. The normalized spacial score (nSPS) is 16.5. The third-order valence-electron chi connectivity index (χ3n) is 2.73. The highest BCUT2D eigenvalue weighted by Crippen LogP contribution is 2.24. The molecular formula is C13H18BrN3. The van der Waals surface area contributed by atoms with Gasteiger partial charge in [0.1, 0.15) is 16.2 Å². The highest BCUT2D eigenvalue weighted by atomic mass is 79.9. The molecule has 0 aromatic carbocycles. The van der Waals surface area contributed by atoms with Crippen LogP contribution in [0.1, 0.15) is 39.4 Å². The van der Waals surface area contributed by atoms with Crippen LogP contribution in [0.5, 0.6) is 0 Å². The van der Waals surface area contributed by atoms with Crippen molar-refractivity contribution in [1.82, 2.24) is 9.97 Å². The molecule has 92 valence electrons. The smallest absolute Gasteiger partial charge is 0.137 e. The van der Waals surface area contributed by atoms with Gasteiger partial charge < -0.3 is 5.32 Å². The van der Waals surface area contributed by atoms with Gasteiger partial charge in [-0.1, -0.05) is 32.9 Å². The van der Waals surface area contributed by atoms with Gasteiger partial charge in [0, 0.05) is 17.5 Å². The average Bonchev–Trinajstić information content (AvgIpc) is 2.68. The van der Waals surface area contributed by atoms with Gasteiger partial charge in [-0.25, -0.2) is 9.97 Å². The fourth-order valence-corrected chi connectivity index (χ4v) is 2.16. The Kier molecular flexibility index (Phi) is 3.52. The van der Waals surface area contributed by atoms with E-state index in [1.54, 1.807) is 0 Å². The van der Waals surface area contributed by atoms with E-state index >= 15 is 0 Å². The Balaban J connectivity index is 2.19. The fraction of sp³-hybridized carbons (Fsp3) is 0.538. The van der Waals surface area contributed by atoms with Crippen LogP contribution in [0.3, 0.4) is 0 Å². The summed E-state index contributed by atoms with van der Waals surface area (Å²) in [5.41, 5.74) is -0.0336. The summed E-state index contributed by atoms with van der Waals surface area (Å²) in [7, 11) is 0. The number of halogens is 1. The maximum absolute atomic E-state index is 4.59. The highest BCUT2D eigenvalue weighted by Gasteiger charge is 2.19. The van der Waals surface area contributed by atoms with Crippen molar-refractivity contribution in [2.75, 3.05) is 5.32 Å². The van der Waals surface area contributed by atoms with Gasteiger partial charge in [-0.3, -0.25) is 0 Å². The molecule has 1 aliphatic carbocycles. The van der Waals surface area contributed by atoms with E-state index in [9.17, 15) is 0 Å². The molecule has 0 bridgehead atoms.